The van der Waals surface area contributed by atoms with Crippen molar-refractivity contribution in [1.82, 2.24) is 19.7 Å². The number of anilines is 1. The second-order valence-electron chi connectivity index (χ2n) is 5.20. The van der Waals surface area contributed by atoms with Gasteiger partial charge in [-0.05, 0) is 25.5 Å². The molecular formula is C15H17N5O6S. The van der Waals surface area contributed by atoms with Gasteiger partial charge in [0, 0.05) is 0 Å². The summed E-state index contributed by atoms with van der Waals surface area (Å²) < 4.78 is 36.5. The number of esters is 1. The molecule has 144 valence electrons. The van der Waals surface area contributed by atoms with E-state index in [9.17, 15) is 18.0 Å². The molecule has 2 aromatic rings. The quantitative estimate of drug-likeness (QED) is 0.701. The van der Waals surface area contributed by atoms with Crippen LogP contribution >= 0.6 is 0 Å². The fourth-order valence-corrected chi connectivity index (χ4v) is 3.51. The van der Waals surface area contributed by atoms with Crippen LogP contribution in [-0.4, -0.2) is 49.6 Å². The number of sulfonamides is 1. The van der Waals surface area contributed by atoms with E-state index >= 15 is 0 Å². The van der Waals surface area contributed by atoms with Crippen molar-refractivity contribution in [2.45, 2.75) is 18.7 Å². The number of aryl methyl sites for hydroxylation is 2. The van der Waals surface area contributed by atoms with E-state index in [-0.39, 0.29) is 33.8 Å². The molecule has 0 saturated heterocycles. The first kappa shape index (κ1) is 20.0. The van der Waals surface area contributed by atoms with Crippen molar-refractivity contribution in [2.75, 3.05) is 19.5 Å². The van der Waals surface area contributed by atoms with E-state index < -0.39 is 22.0 Å². The molecule has 0 saturated carbocycles. The molecule has 2 amide bonds. The number of nitrogens with zero attached hydrogens (tertiary/aromatic N) is 3. The van der Waals surface area contributed by atoms with Crippen LogP contribution in [-0.2, 0) is 14.8 Å². The van der Waals surface area contributed by atoms with Crippen molar-refractivity contribution in [3.63, 3.8) is 0 Å². The highest BCUT2D eigenvalue weighted by atomic mass is 32.2. The number of urea groups is 1. The third-order valence-electron chi connectivity index (χ3n) is 3.25. The highest BCUT2D eigenvalue weighted by molar-refractivity contribution is 7.90. The summed E-state index contributed by atoms with van der Waals surface area (Å²) in [5, 5.41) is 2.18. The molecule has 27 heavy (non-hydrogen) atoms. The van der Waals surface area contributed by atoms with Gasteiger partial charge in [0.15, 0.2) is 0 Å². The number of carbonyl (C=O) groups excluding carboxylic acids is 2. The number of methoxy groups -OCH3 is 2. The lowest BCUT2D eigenvalue weighted by Crippen LogP contribution is -2.36. The number of amides is 2. The molecule has 2 N–H and O–H groups in total. The SMILES string of the molecule is COC(=O)c1cccc(C)c1S(=O)(=O)NC(=O)Nc1nc(C)nc(OC)n1. The van der Waals surface area contributed by atoms with Crippen LogP contribution in [0.4, 0.5) is 10.7 Å². The zero-order valence-corrected chi connectivity index (χ0v) is 15.7. The molecule has 1 aromatic heterocycles. The summed E-state index contributed by atoms with van der Waals surface area (Å²) >= 11 is 0. The van der Waals surface area contributed by atoms with Crippen LogP contribution < -0.4 is 14.8 Å². The largest absolute Gasteiger partial charge is 0.467 e. The minimum atomic E-state index is -4.39. The zero-order valence-electron chi connectivity index (χ0n) is 14.9. The molecule has 2 rings (SSSR count). The van der Waals surface area contributed by atoms with Crippen LogP contribution in [0.2, 0.25) is 0 Å². The second-order valence-corrected chi connectivity index (χ2v) is 6.81. The van der Waals surface area contributed by atoms with Crippen LogP contribution in [0, 0.1) is 13.8 Å². The number of ether oxygens (including phenoxy) is 2. The predicted molar refractivity (Wildman–Crippen MR) is 93.0 cm³/mol. The molecule has 0 aliphatic rings. The first-order chi connectivity index (χ1) is 12.7. The minimum Gasteiger partial charge on any atom is -0.467 e. The Bertz CT molecular complexity index is 992. The summed E-state index contributed by atoms with van der Waals surface area (Å²) in [5.41, 5.74) is 0.0614. The van der Waals surface area contributed by atoms with Gasteiger partial charge in [0.1, 0.15) is 10.7 Å². The Labute approximate surface area is 155 Å². The van der Waals surface area contributed by atoms with Gasteiger partial charge in [0.2, 0.25) is 5.95 Å². The number of benzene rings is 1. The van der Waals surface area contributed by atoms with Crippen molar-refractivity contribution in [3.05, 3.63) is 35.2 Å². The Kier molecular flexibility index (Phi) is 5.90. The van der Waals surface area contributed by atoms with Gasteiger partial charge in [-0.25, -0.2) is 22.7 Å². The molecule has 0 fully saturated rings. The van der Waals surface area contributed by atoms with Crippen molar-refractivity contribution in [3.8, 4) is 6.01 Å². The fraction of sp³-hybridized carbons (Fsp3) is 0.267. The maximum atomic E-state index is 12.6. The summed E-state index contributed by atoms with van der Waals surface area (Å²) in [7, 11) is -1.94. The number of aromatic nitrogens is 3. The first-order valence-corrected chi connectivity index (χ1v) is 8.94. The van der Waals surface area contributed by atoms with Crippen LogP contribution in [0.25, 0.3) is 0 Å². The van der Waals surface area contributed by atoms with Gasteiger partial charge >= 0.3 is 18.0 Å². The average Bonchev–Trinajstić information content (AvgIpc) is 2.59. The molecule has 0 aliphatic carbocycles. The van der Waals surface area contributed by atoms with Crippen LogP contribution in [0.3, 0.4) is 0 Å². The zero-order chi connectivity index (χ0) is 20.2. The van der Waals surface area contributed by atoms with E-state index in [1.807, 2.05) is 4.72 Å². The Morgan fingerprint density at radius 2 is 1.78 bits per heavy atom. The molecule has 0 bridgehead atoms. The fourth-order valence-electron chi connectivity index (χ4n) is 2.18. The highest BCUT2D eigenvalue weighted by Crippen LogP contribution is 2.21. The van der Waals surface area contributed by atoms with E-state index in [1.165, 1.54) is 32.2 Å². The van der Waals surface area contributed by atoms with E-state index in [0.29, 0.717) is 0 Å². The van der Waals surface area contributed by atoms with Gasteiger partial charge in [-0.15, -0.1) is 0 Å². The molecule has 0 unspecified atom stereocenters. The third-order valence-corrected chi connectivity index (χ3v) is 4.78. The lowest BCUT2D eigenvalue weighted by molar-refractivity contribution is 0.0596. The van der Waals surface area contributed by atoms with Crippen LogP contribution in [0.1, 0.15) is 21.7 Å². The average molecular weight is 395 g/mol. The van der Waals surface area contributed by atoms with Crippen LogP contribution in [0.15, 0.2) is 23.1 Å². The van der Waals surface area contributed by atoms with E-state index in [0.717, 1.165) is 7.11 Å². The summed E-state index contributed by atoms with van der Waals surface area (Å²) in [6.45, 7) is 3.03. The summed E-state index contributed by atoms with van der Waals surface area (Å²) in [6.07, 6.45) is 0. The molecule has 0 radical (unpaired) electrons. The molecule has 12 heteroatoms. The molecule has 0 aliphatic heterocycles. The van der Waals surface area contributed by atoms with Gasteiger partial charge < -0.3 is 9.47 Å². The normalized spacial score (nSPS) is 10.8. The molecule has 1 heterocycles. The smallest absolute Gasteiger partial charge is 0.339 e. The third kappa shape index (κ3) is 4.67. The number of carbonyl (C=O) groups is 2. The topological polar surface area (TPSA) is 149 Å². The number of hydrogen-bond donors (Lipinski definition) is 2. The highest BCUT2D eigenvalue weighted by Gasteiger charge is 2.27. The maximum absolute atomic E-state index is 12.6. The van der Waals surface area contributed by atoms with Crippen LogP contribution in [0.5, 0.6) is 6.01 Å². The molecule has 11 nitrogen and oxygen atoms in total. The van der Waals surface area contributed by atoms with E-state index in [1.54, 1.807) is 6.92 Å². The first-order valence-electron chi connectivity index (χ1n) is 7.46. The number of nitrogens with one attached hydrogen (secondary N) is 2. The lowest BCUT2D eigenvalue weighted by Gasteiger charge is -2.13. The maximum Gasteiger partial charge on any atom is 0.339 e. The van der Waals surface area contributed by atoms with Crippen molar-refractivity contribution >= 4 is 28.0 Å². The molecule has 0 spiro atoms. The molecular weight excluding hydrogens is 378 g/mol. The summed E-state index contributed by atoms with van der Waals surface area (Å²) in [5.74, 6) is -0.797. The van der Waals surface area contributed by atoms with Crippen molar-refractivity contribution in [2.24, 2.45) is 0 Å². The van der Waals surface area contributed by atoms with Gasteiger partial charge in [0.05, 0.1) is 19.8 Å². The van der Waals surface area contributed by atoms with Gasteiger partial charge in [0.25, 0.3) is 10.0 Å². The molecule has 1 aromatic carbocycles. The van der Waals surface area contributed by atoms with Crippen molar-refractivity contribution in [1.29, 1.82) is 0 Å². The van der Waals surface area contributed by atoms with E-state index in [2.05, 4.69) is 25.0 Å². The van der Waals surface area contributed by atoms with Gasteiger partial charge in [-0.2, -0.15) is 15.0 Å². The number of hydrogen-bond acceptors (Lipinski definition) is 9. The molecule has 0 atom stereocenters. The second kappa shape index (κ2) is 7.95. The standard InChI is InChI=1S/C15H17N5O6S/c1-8-6-5-7-10(12(21)25-3)11(8)27(23,24)20-14(22)18-13-16-9(2)17-15(19-13)26-4/h5-7H,1-4H3,(H2,16,17,18,19,20,22). The van der Waals surface area contributed by atoms with Gasteiger partial charge in [-0.1, -0.05) is 12.1 Å². The predicted octanol–water partition coefficient (Wildman–Crippen LogP) is 0.794. The van der Waals surface area contributed by atoms with Gasteiger partial charge in [-0.3, -0.25) is 5.32 Å². The summed E-state index contributed by atoms with van der Waals surface area (Å²) in [4.78, 5) is 35.1. The minimum absolute atomic E-state index is 0.0486. The Hall–Kier alpha value is -3.28. The number of rotatable bonds is 5. The summed E-state index contributed by atoms with van der Waals surface area (Å²) in [6, 6.07) is 3.10. The van der Waals surface area contributed by atoms with E-state index in [4.69, 9.17) is 4.74 Å². The Balaban J connectivity index is 2.31. The lowest BCUT2D eigenvalue weighted by atomic mass is 10.1. The monoisotopic (exact) mass is 395 g/mol. The van der Waals surface area contributed by atoms with Crippen molar-refractivity contribution < 1.29 is 27.5 Å². The Morgan fingerprint density at radius 1 is 1.07 bits per heavy atom. The Morgan fingerprint density at radius 3 is 2.41 bits per heavy atom.